The fourth-order valence-electron chi connectivity index (χ4n) is 1.05. The molecule has 0 spiro atoms. The van der Waals surface area contributed by atoms with E-state index in [1.54, 1.807) is 6.20 Å². The molecule has 0 radical (unpaired) electrons. The number of hydrogen-bond acceptors (Lipinski definition) is 3. The summed E-state index contributed by atoms with van der Waals surface area (Å²) in [6, 6.07) is 5.69. The Labute approximate surface area is 81.2 Å². The van der Waals surface area contributed by atoms with Gasteiger partial charge in [-0.1, -0.05) is 18.3 Å². The Balaban J connectivity index is 2.30. The van der Waals surface area contributed by atoms with E-state index in [2.05, 4.69) is 15.2 Å². The predicted molar refractivity (Wildman–Crippen MR) is 54.3 cm³/mol. The molecule has 13 heavy (non-hydrogen) atoms. The van der Waals surface area contributed by atoms with Crippen molar-refractivity contribution in [2.45, 2.75) is 6.42 Å². The standard InChI is InChI=1S/C9H7N3S/c13-9-5-4-8(11-12-9)7-3-1-2-6-10-7/h1-4,6H,5H2. The molecule has 0 saturated heterocycles. The molecule has 2 heterocycles. The minimum absolute atomic E-state index is 0.625. The van der Waals surface area contributed by atoms with Gasteiger partial charge in [-0.15, -0.1) is 10.2 Å². The first-order valence-electron chi connectivity index (χ1n) is 3.92. The average Bonchev–Trinajstić information content (AvgIpc) is 2.20. The molecule has 1 aliphatic heterocycles. The number of azo groups is 1. The minimum Gasteiger partial charge on any atom is -0.255 e. The van der Waals surface area contributed by atoms with Crippen LogP contribution in [0.1, 0.15) is 12.1 Å². The highest BCUT2D eigenvalue weighted by molar-refractivity contribution is 7.80. The van der Waals surface area contributed by atoms with Crippen LogP contribution < -0.4 is 0 Å². The molecule has 0 N–H and O–H groups in total. The van der Waals surface area contributed by atoms with Gasteiger partial charge < -0.3 is 0 Å². The van der Waals surface area contributed by atoms with E-state index in [0.29, 0.717) is 11.4 Å². The summed E-state index contributed by atoms with van der Waals surface area (Å²) in [6.07, 6.45) is 4.36. The fraction of sp³-hybridized carbons (Fsp3) is 0.111. The summed E-state index contributed by atoms with van der Waals surface area (Å²) in [6.45, 7) is 0. The molecule has 2 rings (SSSR count). The van der Waals surface area contributed by atoms with Crippen LogP contribution in [0.15, 0.2) is 40.7 Å². The maximum Gasteiger partial charge on any atom is 0.129 e. The van der Waals surface area contributed by atoms with Gasteiger partial charge in [-0.2, -0.15) is 0 Å². The van der Waals surface area contributed by atoms with Crippen LogP contribution >= 0.6 is 12.2 Å². The van der Waals surface area contributed by atoms with Crippen LogP contribution in [0.3, 0.4) is 0 Å². The maximum atomic E-state index is 4.88. The number of thiocarbonyl (C=S) groups is 1. The number of pyridine rings is 1. The van der Waals surface area contributed by atoms with Crippen molar-refractivity contribution >= 4 is 22.9 Å². The summed E-state index contributed by atoms with van der Waals surface area (Å²) in [5.41, 5.74) is 1.64. The average molecular weight is 189 g/mol. The molecule has 0 unspecified atom stereocenters. The molecule has 4 heteroatoms. The van der Waals surface area contributed by atoms with E-state index in [1.807, 2.05) is 24.3 Å². The van der Waals surface area contributed by atoms with E-state index in [1.165, 1.54) is 0 Å². The molecule has 0 amide bonds. The van der Waals surface area contributed by atoms with Gasteiger partial charge in [-0.25, -0.2) is 0 Å². The first kappa shape index (κ1) is 8.19. The van der Waals surface area contributed by atoms with Crippen LogP contribution in [0.5, 0.6) is 0 Å². The van der Waals surface area contributed by atoms with Gasteiger partial charge in [-0.05, 0) is 18.2 Å². The minimum atomic E-state index is 0.625. The molecule has 3 nitrogen and oxygen atoms in total. The van der Waals surface area contributed by atoms with Crippen molar-refractivity contribution in [1.82, 2.24) is 4.98 Å². The molecule has 0 fully saturated rings. The molecule has 1 aromatic rings. The van der Waals surface area contributed by atoms with Crippen molar-refractivity contribution in [3.05, 3.63) is 36.2 Å². The van der Waals surface area contributed by atoms with E-state index < -0.39 is 0 Å². The van der Waals surface area contributed by atoms with Crippen LogP contribution in [0, 0.1) is 0 Å². The summed E-state index contributed by atoms with van der Waals surface area (Å²) < 4.78 is 0. The van der Waals surface area contributed by atoms with Crippen molar-refractivity contribution in [3.63, 3.8) is 0 Å². The monoisotopic (exact) mass is 189 g/mol. The molecule has 0 aliphatic carbocycles. The topological polar surface area (TPSA) is 37.6 Å². The molecular formula is C9H7N3S. The predicted octanol–water partition coefficient (Wildman–Crippen LogP) is 2.61. The van der Waals surface area contributed by atoms with Crippen molar-refractivity contribution in [2.24, 2.45) is 10.2 Å². The lowest BCUT2D eigenvalue weighted by Crippen LogP contribution is -1.94. The van der Waals surface area contributed by atoms with Gasteiger partial charge >= 0.3 is 0 Å². The Morgan fingerprint density at radius 3 is 2.77 bits per heavy atom. The van der Waals surface area contributed by atoms with Crippen molar-refractivity contribution in [3.8, 4) is 0 Å². The molecule has 0 aromatic carbocycles. The largest absolute Gasteiger partial charge is 0.255 e. The summed E-state index contributed by atoms with van der Waals surface area (Å²) in [5.74, 6) is 0. The van der Waals surface area contributed by atoms with Crippen LogP contribution in [-0.2, 0) is 0 Å². The lowest BCUT2D eigenvalue weighted by Gasteiger charge is -2.03. The van der Waals surface area contributed by atoms with E-state index in [4.69, 9.17) is 12.2 Å². The van der Waals surface area contributed by atoms with E-state index >= 15 is 0 Å². The number of nitrogens with zero attached hydrogens (tertiary/aromatic N) is 3. The second-order valence-electron chi connectivity index (χ2n) is 2.60. The Morgan fingerprint density at radius 2 is 2.15 bits per heavy atom. The number of hydrogen-bond donors (Lipinski definition) is 0. The van der Waals surface area contributed by atoms with Crippen LogP contribution in [0.4, 0.5) is 0 Å². The number of rotatable bonds is 1. The molecule has 0 bridgehead atoms. The molecule has 0 saturated carbocycles. The highest BCUT2D eigenvalue weighted by Gasteiger charge is 2.06. The zero-order valence-corrected chi connectivity index (χ0v) is 7.66. The Kier molecular flexibility index (Phi) is 2.23. The second kappa shape index (κ2) is 3.53. The van der Waals surface area contributed by atoms with Gasteiger partial charge in [0.1, 0.15) is 10.7 Å². The first-order valence-corrected chi connectivity index (χ1v) is 4.33. The Hall–Kier alpha value is -1.42. The van der Waals surface area contributed by atoms with E-state index in [9.17, 15) is 0 Å². The van der Waals surface area contributed by atoms with Gasteiger partial charge in [0.05, 0.1) is 5.69 Å². The van der Waals surface area contributed by atoms with Gasteiger partial charge in [0, 0.05) is 12.6 Å². The summed E-state index contributed by atoms with van der Waals surface area (Å²) >= 11 is 4.88. The summed E-state index contributed by atoms with van der Waals surface area (Å²) in [5, 5.41) is 7.80. The quantitative estimate of drug-likeness (QED) is 0.637. The zero-order valence-electron chi connectivity index (χ0n) is 6.84. The third kappa shape index (κ3) is 1.84. The lowest BCUT2D eigenvalue weighted by molar-refractivity contribution is 1.16. The third-order valence-corrected chi connectivity index (χ3v) is 1.91. The second-order valence-corrected chi connectivity index (χ2v) is 3.07. The third-order valence-electron chi connectivity index (χ3n) is 1.67. The van der Waals surface area contributed by atoms with Gasteiger partial charge in [0.25, 0.3) is 0 Å². The Morgan fingerprint density at radius 1 is 1.23 bits per heavy atom. The van der Waals surface area contributed by atoms with Gasteiger partial charge in [0.15, 0.2) is 0 Å². The molecule has 1 aliphatic rings. The number of aromatic nitrogens is 1. The van der Waals surface area contributed by atoms with Crippen molar-refractivity contribution in [1.29, 1.82) is 0 Å². The molecular weight excluding hydrogens is 182 g/mol. The highest BCUT2D eigenvalue weighted by atomic mass is 32.1. The van der Waals surface area contributed by atoms with Crippen LogP contribution in [-0.4, -0.2) is 9.97 Å². The van der Waals surface area contributed by atoms with Crippen LogP contribution in [0.25, 0.3) is 5.70 Å². The lowest BCUT2D eigenvalue weighted by atomic mass is 10.2. The maximum absolute atomic E-state index is 4.88. The zero-order chi connectivity index (χ0) is 9.10. The van der Waals surface area contributed by atoms with Gasteiger partial charge in [-0.3, -0.25) is 4.98 Å². The fourth-order valence-corrected chi connectivity index (χ4v) is 1.17. The molecule has 0 atom stereocenters. The first-order chi connectivity index (χ1) is 6.36. The highest BCUT2D eigenvalue weighted by Crippen LogP contribution is 2.18. The van der Waals surface area contributed by atoms with E-state index in [0.717, 1.165) is 11.4 Å². The molecule has 64 valence electrons. The molecule has 1 aromatic heterocycles. The Bertz CT molecular complexity index is 381. The smallest absolute Gasteiger partial charge is 0.129 e. The SMILES string of the molecule is S=C1CC=C(c2ccccn2)N=N1. The van der Waals surface area contributed by atoms with Gasteiger partial charge in [0.2, 0.25) is 0 Å². The summed E-state index contributed by atoms with van der Waals surface area (Å²) in [7, 11) is 0. The van der Waals surface area contributed by atoms with Crippen molar-refractivity contribution < 1.29 is 0 Å². The van der Waals surface area contributed by atoms with E-state index in [-0.39, 0.29) is 0 Å². The summed E-state index contributed by atoms with van der Waals surface area (Å²) in [4.78, 5) is 4.79. The normalized spacial score (nSPS) is 15.7. The van der Waals surface area contributed by atoms with Crippen LogP contribution in [0.2, 0.25) is 0 Å². The van der Waals surface area contributed by atoms with Crippen molar-refractivity contribution in [2.75, 3.05) is 0 Å².